The first-order chi connectivity index (χ1) is 15.1. The first-order valence-corrected chi connectivity index (χ1v) is 10.0. The zero-order valence-electron chi connectivity index (χ0n) is 18.4. The quantitative estimate of drug-likeness (QED) is 0.614. The molecule has 3 rings (SSSR count). The fourth-order valence-electron chi connectivity index (χ4n) is 3.45. The summed E-state index contributed by atoms with van der Waals surface area (Å²) in [5.74, 6) is 0.130. The van der Waals surface area contributed by atoms with Gasteiger partial charge in [0.15, 0.2) is 11.5 Å². The van der Waals surface area contributed by atoms with Crippen LogP contribution in [0.3, 0.4) is 0 Å². The van der Waals surface area contributed by atoms with Crippen LogP contribution < -0.4 is 24.8 Å². The normalized spacial score (nSPS) is 17.8. The molecule has 0 aromatic heterocycles. The number of anilines is 1. The van der Waals surface area contributed by atoms with Gasteiger partial charge < -0.3 is 24.8 Å². The topological polar surface area (TPSA) is 106 Å². The number of carbonyl (C=O) groups is 3. The van der Waals surface area contributed by atoms with Gasteiger partial charge in [-0.25, -0.2) is 4.79 Å². The Hall–Kier alpha value is -3.46. The van der Waals surface area contributed by atoms with E-state index in [1.807, 2.05) is 0 Å². The van der Waals surface area contributed by atoms with Crippen molar-refractivity contribution in [2.45, 2.75) is 19.4 Å². The van der Waals surface area contributed by atoms with Gasteiger partial charge in [-0.1, -0.05) is 17.7 Å². The Morgan fingerprint density at radius 2 is 1.72 bits per heavy atom. The minimum Gasteiger partial charge on any atom is -0.495 e. The molecule has 1 saturated heterocycles. The van der Waals surface area contributed by atoms with E-state index in [-0.39, 0.29) is 0 Å². The Labute approximate surface area is 190 Å². The second kappa shape index (κ2) is 8.96. The number of nitrogens with zero attached hydrogens (tertiary/aromatic N) is 1. The number of urea groups is 1. The van der Waals surface area contributed by atoms with Gasteiger partial charge in [-0.3, -0.25) is 14.5 Å². The Kier molecular flexibility index (Phi) is 6.50. The molecular weight excluding hydrogens is 438 g/mol. The predicted molar refractivity (Wildman–Crippen MR) is 119 cm³/mol. The van der Waals surface area contributed by atoms with E-state index in [1.165, 1.54) is 21.3 Å². The van der Waals surface area contributed by atoms with Crippen LogP contribution in [0.25, 0.3) is 0 Å². The average molecular weight is 462 g/mol. The molecule has 1 fully saturated rings. The summed E-state index contributed by atoms with van der Waals surface area (Å²) in [6, 6.07) is 7.46. The van der Waals surface area contributed by atoms with E-state index in [4.69, 9.17) is 25.8 Å². The summed E-state index contributed by atoms with van der Waals surface area (Å²) in [7, 11) is 4.42. The lowest BCUT2D eigenvalue weighted by molar-refractivity contribution is -0.133. The number of carbonyl (C=O) groups excluding carboxylic acids is 3. The van der Waals surface area contributed by atoms with E-state index in [1.54, 1.807) is 44.2 Å². The molecule has 2 N–H and O–H groups in total. The van der Waals surface area contributed by atoms with Crippen molar-refractivity contribution in [1.29, 1.82) is 0 Å². The van der Waals surface area contributed by atoms with Crippen molar-refractivity contribution in [3.05, 3.63) is 46.5 Å². The average Bonchev–Trinajstić information content (AvgIpc) is 2.99. The third kappa shape index (κ3) is 4.16. The van der Waals surface area contributed by atoms with Crippen molar-refractivity contribution in [3.8, 4) is 17.2 Å². The molecule has 0 saturated carbocycles. The van der Waals surface area contributed by atoms with Crippen molar-refractivity contribution in [3.63, 3.8) is 0 Å². The SMILES string of the molecule is COc1cc(Cl)c(C)cc1NC(=O)CN1C(=O)N[C@@](C)(c2ccc(OC)c(OC)c2)C1=O. The van der Waals surface area contributed by atoms with Crippen LogP contribution >= 0.6 is 11.6 Å². The van der Waals surface area contributed by atoms with Crippen LogP contribution in [-0.4, -0.2) is 50.6 Å². The molecule has 32 heavy (non-hydrogen) atoms. The van der Waals surface area contributed by atoms with Crippen LogP contribution in [0.1, 0.15) is 18.1 Å². The molecule has 10 heteroatoms. The molecule has 1 aliphatic heterocycles. The van der Waals surface area contributed by atoms with Crippen molar-refractivity contribution in [1.82, 2.24) is 10.2 Å². The summed E-state index contributed by atoms with van der Waals surface area (Å²) in [5.41, 5.74) is 0.241. The van der Waals surface area contributed by atoms with Gasteiger partial charge in [-0.2, -0.15) is 0 Å². The Morgan fingerprint density at radius 3 is 2.34 bits per heavy atom. The maximum atomic E-state index is 13.2. The third-order valence-corrected chi connectivity index (χ3v) is 5.70. The van der Waals surface area contributed by atoms with Crippen molar-refractivity contribution >= 4 is 35.1 Å². The van der Waals surface area contributed by atoms with Gasteiger partial charge in [0.2, 0.25) is 5.91 Å². The molecule has 0 unspecified atom stereocenters. The van der Waals surface area contributed by atoms with Gasteiger partial charge in [0.25, 0.3) is 5.91 Å². The second-order valence-electron chi connectivity index (χ2n) is 7.37. The number of ether oxygens (including phenoxy) is 3. The predicted octanol–water partition coefficient (Wildman–Crippen LogP) is 3.08. The zero-order chi connectivity index (χ0) is 23.6. The van der Waals surface area contributed by atoms with Crippen molar-refractivity contribution in [2.75, 3.05) is 33.2 Å². The first-order valence-electron chi connectivity index (χ1n) is 9.65. The molecule has 4 amide bonds. The standard InChI is InChI=1S/C22H24ClN3O6/c1-12-8-15(17(31-4)10-14(12)23)24-19(27)11-26-20(28)22(2,25-21(26)29)13-6-7-16(30-3)18(9-13)32-5/h6-10H,11H2,1-5H3,(H,24,27)(H,25,29)/t22-/m0/s1. The van der Waals surface area contributed by atoms with E-state index >= 15 is 0 Å². The molecule has 170 valence electrons. The summed E-state index contributed by atoms with van der Waals surface area (Å²) < 4.78 is 15.8. The number of benzene rings is 2. The maximum Gasteiger partial charge on any atom is 0.325 e. The molecule has 0 radical (unpaired) electrons. The summed E-state index contributed by atoms with van der Waals surface area (Å²) in [5, 5.41) is 5.81. The minimum atomic E-state index is -1.37. The Morgan fingerprint density at radius 1 is 1.06 bits per heavy atom. The van der Waals surface area contributed by atoms with Crippen LogP contribution in [0.2, 0.25) is 5.02 Å². The lowest BCUT2D eigenvalue weighted by Crippen LogP contribution is -2.42. The summed E-state index contributed by atoms with van der Waals surface area (Å²) >= 11 is 6.09. The largest absolute Gasteiger partial charge is 0.495 e. The van der Waals surface area contributed by atoms with Gasteiger partial charge >= 0.3 is 6.03 Å². The van der Waals surface area contributed by atoms with E-state index < -0.39 is 29.9 Å². The molecule has 1 atom stereocenters. The lowest BCUT2D eigenvalue weighted by Gasteiger charge is -2.23. The molecule has 1 aliphatic rings. The number of amides is 4. The number of nitrogens with one attached hydrogen (secondary N) is 2. The van der Waals surface area contributed by atoms with Crippen molar-refractivity contribution in [2.24, 2.45) is 0 Å². The van der Waals surface area contributed by atoms with Crippen LogP contribution in [0.15, 0.2) is 30.3 Å². The van der Waals surface area contributed by atoms with Crippen LogP contribution in [0.4, 0.5) is 10.5 Å². The third-order valence-electron chi connectivity index (χ3n) is 5.29. The smallest absolute Gasteiger partial charge is 0.325 e. The first kappa shape index (κ1) is 23.2. The number of methoxy groups -OCH3 is 3. The number of rotatable bonds is 7. The van der Waals surface area contributed by atoms with Gasteiger partial charge in [0, 0.05) is 11.1 Å². The van der Waals surface area contributed by atoms with Crippen molar-refractivity contribution < 1.29 is 28.6 Å². The summed E-state index contributed by atoms with van der Waals surface area (Å²) in [6.07, 6.45) is 0. The van der Waals surface area contributed by atoms with Gasteiger partial charge in [-0.15, -0.1) is 0 Å². The van der Waals surface area contributed by atoms with Gasteiger partial charge in [-0.05, 0) is 43.2 Å². The zero-order valence-corrected chi connectivity index (χ0v) is 19.1. The van der Waals surface area contributed by atoms with Crippen LogP contribution in [0, 0.1) is 6.92 Å². The maximum absolute atomic E-state index is 13.2. The minimum absolute atomic E-state index is 0.362. The van der Waals surface area contributed by atoms with E-state index in [2.05, 4.69) is 10.6 Å². The monoisotopic (exact) mass is 461 g/mol. The fraction of sp³-hybridized carbons (Fsp3) is 0.318. The highest BCUT2D eigenvalue weighted by molar-refractivity contribution is 6.31. The molecular formula is C22H24ClN3O6. The van der Waals surface area contributed by atoms with Crippen LogP contribution in [-0.2, 0) is 15.1 Å². The second-order valence-corrected chi connectivity index (χ2v) is 7.77. The molecule has 2 aromatic carbocycles. The van der Waals surface area contributed by atoms with Gasteiger partial charge in [0.1, 0.15) is 17.8 Å². The number of hydrogen-bond acceptors (Lipinski definition) is 6. The highest BCUT2D eigenvalue weighted by atomic mass is 35.5. The van der Waals surface area contributed by atoms with E-state index in [0.29, 0.717) is 33.5 Å². The summed E-state index contributed by atoms with van der Waals surface area (Å²) in [6.45, 7) is 2.87. The number of halogens is 1. The van der Waals surface area contributed by atoms with E-state index in [9.17, 15) is 14.4 Å². The highest BCUT2D eigenvalue weighted by Gasteiger charge is 2.49. The lowest BCUT2D eigenvalue weighted by atomic mass is 9.91. The summed E-state index contributed by atoms with van der Waals surface area (Å²) in [4.78, 5) is 39.2. The molecule has 2 aromatic rings. The van der Waals surface area contributed by atoms with E-state index in [0.717, 1.165) is 10.5 Å². The number of imide groups is 1. The molecule has 0 spiro atoms. The number of aryl methyl sites for hydroxylation is 1. The Balaban J connectivity index is 1.81. The fourth-order valence-corrected chi connectivity index (χ4v) is 3.60. The molecule has 0 bridgehead atoms. The Bertz CT molecular complexity index is 1090. The molecule has 0 aliphatic carbocycles. The van der Waals surface area contributed by atoms with Crippen LogP contribution in [0.5, 0.6) is 17.2 Å². The highest BCUT2D eigenvalue weighted by Crippen LogP contribution is 2.35. The number of hydrogen-bond donors (Lipinski definition) is 2. The molecule has 9 nitrogen and oxygen atoms in total. The molecule has 1 heterocycles. The van der Waals surface area contributed by atoms with Gasteiger partial charge in [0.05, 0.1) is 27.0 Å².